The predicted octanol–water partition coefficient (Wildman–Crippen LogP) is 2.12. The summed E-state index contributed by atoms with van der Waals surface area (Å²) in [6.07, 6.45) is 0. The van der Waals surface area contributed by atoms with Crippen LogP contribution >= 0.6 is 15.9 Å². The number of rotatable bonds is 3. The van der Waals surface area contributed by atoms with E-state index in [-0.39, 0.29) is 0 Å². The summed E-state index contributed by atoms with van der Waals surface area (Å²) in [5.41, 5.74) is 0. The Bertz CT molecular complexity index is 503. The second-order valence-corrected chi connectivity index (χ2v) is 7.23. The lowest BCUT2D eigenvalue weighted by Crippen LogP contribution is -2.46. The van der Waals surface area contributed by atoms with E-state index in [1.165, 1.54) is 0 Å². The van der Waals surface area contributed by atoms with Crippen molar-refractivity contribution in [3.8, 4) is 0 Å². The molecule has 0 aromatic heterocycles. The Kier molecular flexibility index (Phi) is 4.77. The molecule has 0 spiro atoms. The summed E-state index contributed by atoms with van der Waals surface area (Å²) in [5.74, 6) is 0. The van der Waals surface area contributed by atoms with E-state index in [0.717, 1.165) is 35.5 Å². The summed E-state index contributed by atoms with van der Waals surface area (Å²) < 4.78 is 20.5. The lowest BCUT2D eigenvalue weighted by molar-refractivity contribution is 0.376. The molecule has 1 N–H and O–H groups in total. The van der Waals surface area contributed by atoms with Gasteiger partial charge < -0.3 is 5.32 Å². The molecule has 1 aromatic carbocycles. The van der Waals surface area contributed by atoms with Crippen LogP contribution in [-0.4, -0.2) is 41.2 Å². The number of nitrogens with zero attached hydrogens (tertiary/aromatic N) is 2. The topological polar surface area (TPSA) is 44.7 Å². The normalized spacial score (nSPS) is 20.3. The van der Waals surface area contributed by atoms with Gasteiger partial charge in [-0.25, -0.2) is 12.9 Å². The fraction of sp³-hybridized carbons (Fsp3) is 0.500. The monoisotopic (exact) mass is 331 g/mol. The number of piperazine rings is 1. The molecule has 0 radical (unpaired) electrons. The fourth-order valence-corrected chi connectivity index (χ4v) is 4.38. The molecule has 1 aromatic rings. The van der Waals surface area contributed by atoms with Crippen molar-refractivity contribution in [2.24, 2.45) is 4.36 Å². The number of nitrogens with one attached hydrogen (secondary N) is 1. The first-order chi connectivity index (χ1) is 8.66. The van der Waals surface area contributed by atoms with Crippen LogP contribution in [0.15, 0.2) is 38.0 Å². The summed E-state index contributed by atoms with van der Waals surface area (Å²) in [7, 11) is -2.44. The lowest BCUT2D eigenvalue weighted by Gasteiger charge is -2.30. The Morgan fingerprint density at radius 1 is 1.33 bits per heavy atom. The van der Waals surface area contributed by atoms with Crippen LogP contribution in [0.5, 0.6) is 0 Å². The van der Waals surface area contributed by atoms with Gasteiger partial charge in [0.15, 0.2) is 0 Å². The van der Waals surface area contributed by atoms with Gasteiger partial charge in [0, 0.05) is 37.2 Å². The van der Waals surface area contributed by atoms with Gasteiger partial charge in [-0.3, -0.25) is 0 Å². The minimum atomic E-state index is -2.44. The van der Waals surface area contributed by atoms with Crippen LogP contribution in [0.3, 0.4) is 0 Å². The molecule has 0 bridgehead atoms. The molecule has 4 nitrogen and oxygen atoms in total. The van der Waals surface area contributed by atoms with E-state index in [4.69, 9.17) is 0 Å². The van der Waals surface area contributed by atoms with Gasteiger partial charge in [-0.15, -0.1) is 0 Å². The number of benzene rings is 1. The van der Waals surface area contributed by atoms with Gasteiger partial charge >= 0.3 is 0 Å². The first-order valence-corrected chi connectivity index (χ1v) is 8.37. The zero-order chi connectivity index (χ0) is 13.0. The van der Waals surface area contributed by atoms with Crippen LogP contribution in [0.4, 0.5) is 0 Å². The molecule has 1 unspecified atom stereocenters. The number of halogens is 1. The van der Waals surface area contributed by atoms with Gasteiger partial charge in [0.1, 0.15) is 9.92 Å². The van der Waals surface area contributed by atoms with Crippen molar-refractivity contribution >= 4 is 25.8 Å². The highest BCUT2D eigenvalue weighted by molar-refractivity contribution is 9.10. The summed E-state index contributed by atoms with van der Waals surface area (Å²) in [6.45, 7) is 5.79. The molecule has 6 heteroatoms. The third-order valence-corrected chi connectivity index (χ3v) is 5.94. The van der Waals surface area contributed by atoms with Gasteiger partial charge in [0.2, 0.25) is 0 Å². The fourth-order valence-electron chi connectivity index (χ4n) is 1.98. The lowest BCUT2D eigenvalue weighted by atomic mass is 10.4. The summed E-state index contributed by atoms with van der Waals surface area (Å²) in [6, 6.07) is 7.63. The molecule has 18 heavy (non-hydrogen) atoms. The van der Waals surface area contributed by atoms with Crippen LogP contribution in [0.2, 0.25) is 0 Å². The highest BCUT2D eigenvalue weighted by Gasteiger charge is 2.23. The Morgan fingerprint density at radius 2 is 1.94 bits per heavy atom. The molecule has 1 heterocycles. The van der Waals surface area contributed by atoms with Gasteiger partial charge in [-0.2, -0.15) is 0 Å². The van der Waals surface area contributed by atoms with E-state index >= 15 is 0 Å². The average molecular weight is 332 g/mol. The minimum absolute atomic E-state index is 0.568. The minimum Gasteiger partial charge on any atom is -0.314 e. The Labute approximate surface area is 117 Å². The first kappa shape index (κ1) is 14.0. The quantitative estimate of drug-likeness (QED) is 0.921. The molecule has 1 aliphatic heterocycles. The molecule has 100 valence electrons. The summed E-state index contributed by atoms with van der Waals surface area (Å²) in [5, 5.41) is 3.27. The summed E-state index contributed by atoms with van der Waals surface area (Å²) in [4.78, 5) is 0.800. The van der Waals surface area contributed by atoms with E-state index in [2.05, 4.69) is 25.6 Å². The molecular weight excluding hydrogens is 314 g/mol. The van der Waals surface area contributed by atoms with Crippen LogP contribution < -0.4 is 5.32 Å². The Morgan fingerprint density at radius 3 is 2.50 bits per heavy atom. The van der Waals surface area contributed by atoms with E-state index in [1.807, 2.05) is 35.5 Å². The second kappa shape index (κ2) is 6.14. The molecule has 1 saturated heterocycles. The van der Waals surface area contributed by atoms with Crippen molar-refractivity contribution in [1.29, 1.82) is 0 Å². The Balaban J connectivity index is 2.40. The SMILES string of the molecule is CCN=S(=O)(c1ccc(Br)cc1)N1CCNCC1. The van der Waals surface area contributed by atoms with E-state index in [9.17, 15) is 4.21 Å². The molecular formula is C12H18BrN3OS. The third-order valence-electron chi connectivity index (χ3n) is 2.85. The van der Waals surface area contributed by atoms with Crippen LogP contribution in [0.1, 0.15) is 6.92 Å². The largest absolute Gasteiger partial charge is 0.314 e. The molecule has 1 fully saturated rings. The van der Waals surface area contributed by atoms with Crippen molar-refractivity contribution in [3.05, 3.63) is 28.7 Å². The molecule has 0 saturated carbocycles. The maximum atomic E-state index is 13.2. The van der Waals surface area contributed by atoms with Gasteiger partial charge in [0.05, 0.1) is 4.90 Å². The number of hydrogen-bond acceptors (Lipinski definition) is 3. The molecule has 0 amide bonds. The molecule has 1 aliphatic rings. The van der Waals surface area contributed by atoms with Crippen LogP contribution in [0, 0.1) is 0 Å². The highest BCUT2D eigenvalue weighted by atomic mass is 79.9. The van der Waals surface area contributed by atoms with Crippen molar-refractivity contribution in [1.82, 2.24) is 9.62 Å². The zero-order valence-corrected chi connectivity index (χ0v) is 12.8. The second-order valence-electron chi connectivity index (χ2n) is 4.07. The molecule has 0 aliphatic carbocycles. The molecule has 2 rings (SSSR count). The highest BCUT2D eigenvalue weighted by Crippen LogP contribution is 2.21. The predicted molar refractivity (Wildman–Crippen MR) is 78.0 cm³/mol. The van der Waals surface area contributed by atoms with Gasteiger partial charge in [-0.1, -0.05) is 15.9 Å². The summed E-state index contributed by atoms with van der Waals surface area (Å²) >= 11 is 3.40. The van der Waals surface area contributed by atoms with Gasteiger partial charge in [0.25, 0.3) is 0 Å². The smallest absolute Gasteiger partial charge is 0.139 e. The van der Waals surface area contributed by atoms with Crippen molar-refractivity contribution in [3.63, 3.8) is 0 Å². The van der Waals surface area contributed by atoms with E-state index in [1.54, 1.807) is 0 Å². The average Bonchev–Trinajstić information content (AvgIpc) is 2.40. The van der Waals surface area contributed by atoms with E-state index < -0.39 is 9.92 Å². The zero-order valence-electron chi connectivity index (χ0n) is 10.4. The standard InChI is InChI=1S/C12H18BrN3OS/c1-2-15-18(17,16-9-7-14-8-10-16)12-5-3-11(13)4-6-12/h3-6,14H,2,7-10H2,1H3. The van der Waals surface area contributed by atoms with Crippen molar-refractivity contribution in [2.75, 3.05) is 32.7 Å². The Hall–Kier alpha value is -0.430. The maximum absolute atomic E-state index is 13.2. The van der Waals surface area contributed by atoms with Crippen molar-refractivity contribution in [2.45, 2.75) is 11.8 Å². The van der Waals surface area contributed by atoms with Gasteiger partial charge in [-0.05, 0) is 31.2 Å². The molecule has 1 atom stereocenters. The van der Waals surface area contributed by atoms with E-state index in [0.29, 0.717) is 6.54 Å². The van der Waals surface area contributed by atoms with Crippen LogP contribution in [0.25, 0.3) is 0 Å². The number of hydrogen-bond donors (Lipinski definition) is 1. The maximum Gasteiger partial charge on any atom is 0.139 e. The first-order valence-electron chi connectivity index (χ1n) is 6.11. The van der Waals surface area contributed by atoms with Crippen LogP contribution in [-0.2, 0) is 9.92 Å². The third kappa shape index (κ3) is 2.93. The van der Waals surface area contributed by atoms with Crippen molar-refractivity contribution < 1.29 is 4.21 Å².